The Labute approximate surface area is 220 Å². The summed E-state index contributed by atoms with van der Waals surface area (Å²) in [6.07, 6.45) is 12.3. The second-order valence-electron chi connectivity index (χ2n) is 11.4. The summed E-state index contributed by atoms with van der Waals surface area (Å²) in [5.74, 6) is 1.08. The smallest absolute Gasteiger partial charge is 0.247 e. The number of fused-ring (bicyclic) bond motifs is 3. The predicted molar refractivity (Wildman–Crippen MR) is 141 cm³/mol. The van der Waals surface area contributed by atoms with Gasteiger partial charge in [0.25, 0.3) is 0 Å². The molecule has 1 aromatic rings. The minimum absolute atomic E-state index is 0.0712. The van der Waals surface area contributed by atoms with Crippen molar-refractivity contribution in [3.05, 3.63) is 41.5 Å². The number of hydrogen-bond donors (Lipinski definition) is 3. The molecule has 1 aliphatic heterocycles. The molecule has 37 heavy (non-hydrogen) atoms. The average Bonchev–Trinajstić information content (AvgIpc) is 3.59. The summed E-state index contributed by atoms with van der Waals surface area (Å²) < 4.78 is 6.24. The van der Waals surface area contributed by atoms with Crippen molar-refractivity contribution in [3.63, 3.8) is 0 Å². The first-order valence-electron chi connectivity index (χ1n) is 14.4. The number of benzene rings is 1. The van der Waals surface area contributed by atoms with Crippen LogP contribution in [-0.2, 0) is 9.59 Å². The van der Waals surface area contributed by atoms with Crippen LogP contribution in [0.5, 0.6) is 5.75 Å². The molecular weight excluding hydrogens is 468 g/mol. The largest absolute Gasteiger partial charge is 0.486 e. The fourth-order valence-electron chi connectivity index (χ4n) is 7.00. The second-order valence-corrected chi connectivity index (χ2v) is 11.4. The van der Waals surface area contributed by atoms with Gasteiger partial charge in [0.05, 0.1) is 18.6 Å². The number of amides is 2. The standard InChI is InChI=1S/C30H42N2O5/c33-17-16-31-30(36)23-18-24(28(35)29-27(23)22-12-6-7-13-25(22)37-29)32(19-21-10-2-1-3-11-21)26(34)15-14-20-8-4-5-9-20/h6-7,12-13,18,20-21,24,27-29,33,35H,1-5,8-11,14-17,19H2,(H,31,36)/t24-,27+,28+,29+/m1/s1. The van der Waals surface area contributed by atoms with Gasteiger partial charge < -0.3 is 25.2 Å². The van der Waals surface area contributed by atoms with Gasteiger partial charge >= 0.3 is 0 Å². The van der Waals surface area contributed by atoms with Gasteiger partial charge in [-0.25, -0.2) is 0 Å². The minimum atomic E-state index is -0.939. The first-order chi connectivity index (χ1) is 18.1. The van der Waals surface area contributed by atoms with Gasteiger partial charge in [0, 0.05) is 30.6 Å². The third-order valence-electron chi connectivity index (χ3n) is 8.98. The van der Waals surface area contributed by atoms with E-state index in [1.165, 1.54) is 44.9 Å². The average molecular weight is 511 g/mol. The number of hydrogen-bond acceptors (Lipinski definition) is 5. The molecule has 2 fully saturated rings. The SMILES string of the molecule is O=C(NCCO)C1=C[C@@H](N(CC2CCCCC2)C(=O)CCC2CCCC2)[C@H](O)[C@H]2Oc3ccccc3[C@@H]12. The fourth-order valence-corrected chi connectivity index (χ4v) is 7.00. The molecule has 1 heterocycles. The van der Waals surface area contributed by atoms with Gasteiger partial charge in [-0.2, -0.15) is 0 Å². The molecule has 7 nitrogen and oxygen atoms in total. The molecule has 4 aliphatic rings. The summed E-state index contributed by atoms with van der Waals surface area (Å²) in [5, 5.41) is 23.8. The van der Waals surface area contributed by atoms with Crippen molar-refractivity contribution in [2.45, 2.75) is 94.8 Å². The molecular formula is C30H42N2O5. The number of aliphatic hydroxyl groups is 2. The van der Waals surface area contributed by atoms with Crippen LogP contribution in [0.3, 0.4) is 0 Å². The topological polar surface area (TPSA) is 99.1 Å². The van der Waals surface area contributed by atoms with Crippen LogP contribution in [0.15, 0.2) is 35.9 Å². The van der Waals surface area contributed by atoms with E-state index in [4.69, 9.17) is 4.74 Å². The number of para-hydroxylation sites is 1. The molecule has 0 bridgehead atoms. The van der Waals surface area contributed by atoms with Crippen molar-refractivity contribution >= 4 is 11.8 Å². The number of carbonyl (C=O) groups is 2. The quantitative estimate of drug-likeness (QED) is 0.471. The molecule has 4 atom stereocenters. The van der Waals surface area contributed by atoms with Crippen LogP contribution < -0.4 is 10.1 Å². The Bertz CT molecular complexity index is 982. The van der Waals surface area contributed by atoms with Crippen molar-refractivity contribution in [1.82, 2.24) is 10.2 Å². The van der Waals surface area contributed by atoms with E-state index in [1.54, 1.807) is 0 Å². The van der Waals surface area contributed by atoms with E-state index in [0.29, 0.717) is 36.1 Å². The van der Waals surface area contributed by atoms with Gasteiger partial charge in [0.1, 0.15) is 18.0 Å². The third kappa shape index (κ3) is 5.73. The number of rotatable bonds is 9. The van der Waals surface area contributed by atoms with Crippen LogP contribution >= 0.6 is 0 Å². The van der Waals surface area contributed by atoms with Crippen LogP contribution in [0, 0.1) is 11.8 Å². The number of nitrogens with zero attached hydrogens (tertiary/aromatic N) is 1. The Morgan fingerprint density at radius 1 is 1.00 bits per heavy atom. The summed E-state index contributed by atoms with van der Waals surface area (Å²) in [7, 11) is 0. The lowest BCUT2D eigenvalue weighted by molar-refractivity contribution is -0.138. The van der Waals surface area contributed by atoms with Crippen molar-refractivity contribution in [2.75, 3.05) is 19.7 Å². The van der Waals surface area contributed by atoms with E-state index >= 15 is 0 Å². The molecule has 0 saturated heterocycles. The molecule has 1 aromatic carbocycles. The minimum Gasteiger partial charge on any atom is -0.486 e. The third-order valence-corrected chi connectivity index (χ3v) is 8.98. The summed E-state index contributed by atoms with van der Waals surface area (Å²) in [6.45, 7) is 0.604. The van der Waals surface area contributed by atoms with E-state index in [9.17, 15) is 19.8 Å². The first-order valence-corrected chi connectivity index (χ1v) is 14.4. The fraction of sp³-hybridized carbons (Fsp3) is 0.667. The highest BCUT2D eigenvalue weighted by Crippen LogP contribution is 2.47. The summed E-state index contributed by atoms with van der Waals surface area (Å²) in [6, 6.07) is 6.98. The molecule has 3 N–H and O–H groups in total. The van der Waals surface area contributed by atoms with Crippen LogP contribution in [0.1, 0.15) is 82.1 Å². The number of ether oxygens (including phenoxy) is 1. The van der Waals surface area contributed by atoms with E-state index in [1.807, 2.05) is 35.2 Å². The van der Waals surface area contributed by atoms with Gasteiger partial charge in [-0.1, -0.05) is 63.1 Å². The maximum atomic E-state index is 13.8. The Morgan fingerprint density at radius 2 is 1.70 bits per heavy atom. The van der Waals surface area contributed by atoms with Crippen molar-refractivity contribution < 1.29 is 24.5 Å². The highest BCUT2D eigenvalue weighted by atomic mass is 16.5. The molecule has 0 aromatic heterocycles. The predicted octanol–water partition coefficient (Wildman–Crippen LogP) is 3.69. The Balaban J connectivity index is 1.45. The van der Waals surface area contributed by atoms with E-state index < -0.39 is 24.2 Å². The monoisotopic (exact) mass is 510 g/mol. The zero-order chi connectivity index (χ0) is 25.8. The van der Waals surface area contributed by atoms with E-state index in [-0.39, 0.29) is 25.0 Å². The van der Waals surface area contributed by atoms with Gasteiger partial charge in [-0.3, -0.25) is 9.59 Å². The lowest BCUT2D eigenvalue weighted by Gasteiger charge is -2.42. The molecule has 2 amide bonds. The maximum absolute atomic E-state index is 13.8. The molecule has 0 unspecified atom stereocenters. The number of aliphatic hydroxyl groups excluding tert-OH is 2. The van der Waals surface area contributed by atoms with E-state index in [0.717, 1.165) is 24.8 Å². The van der Waals surface area contributed by atoms with Gasteiger partial charge in [0.15, 0.2) is 0 Å². The van der Waals surface area contributed by atoms with Gasteiger partial charge in [-0.15, -0.1) is 0 Å². The second kappa shape index (κ2) is 12.0. The van der Waals surface area contributed by atoms with Crippen molar-refractivity contribution in [1.29, 1.82) is 0 Å². The molecule has 2 saturated carbocycles. The lowest BCUT2D eigenvalue weighted by Crippen LogP contribution is -2.56. The van der Waals surface area contributed by atoms with Gasteiger partial charge in [-0.05, 0) is 43.2 Å². The van der Waals surface area contributed by atoms with Crippen LogP contribution in [0.2, 0.25) is 0 Å². The van der Waals surface area contributed by atoms with Gasteiger partial charge in [0.2, 0.25) is 11.8 Å². The number of carbonyl (C=O) groups excluding carboxylic acids is 2. The summed E-state index contributed by atoms with van der Waals surface area (Å²) in [4.78, 5) is 29.0. The van der Waals surface area contributed by atoms with Crippen LogP contribution in [-0.4, -0.2) is 64.9 Å². The van der Waals surface area contributed by atoms with Crippen molar-refractivity contribution in [3.8, 4) is 5.75 Å². The molecule has 3 aliphatic carbocycles. The Hall–Kier alpha value is -2.38. The Morgan fingerprint density at radius 3 is 2.46 bits per heavy atom. The Kier molecular flexibility index (Phi) is 8.50. The normalized spacial score (nSPS) is 27.7. The van der Waals surface area contributed by atoms with E-state index in [2.05, 4.69) is 5.32 Å². The van der Waals surface area contributed by atoms with Crippen LogP contribution in [0.4, 0.5) is 0 Å². The molecule has 0 radical (unpaired) electrons. The molecule has 5 rings (SSSR count). The molecule has 7 heteroatoms. The molecule has 0 spiro atoms. The van der Waals surface area contributed by atoms with Crippen molar-refractivity contribution in [2.24, 2.45) is 11.8 Å². The zero-order valence-corrected chi connectivity index (χ0v) is 21.8. The zero-order valence-electron chi connectivity index (χ0n) is 21.8. The number of nitrogens with one attached hydrogen (secondary N) is 1. The molecule has 202 valence electrons. The highest BCUT2D eigenvalue weighted by Gasteiger charge is 2.50. The maximum Gasteiger partial charge on any atom is 0.247 e. The van der Waals surface area contributed by atoms with Crippen LogP contribution in [0.25, 0.3) is 0 Å². The summed E-state index contributed by atoms with van der Waals surface area (Å²) in [5.41, 5.74) is 1.39. The summed E-state index contributed by atoms with van der Waals surface area (Å²) >= 11 is 0. The first kappa shape index (κ1) is 26.2. The lowest BCUT2D eigenvalue weighted by atomic mass is 9.77. The highest BCUT2D eigenvalue weighted by molar-refractivity contribution is 5.96.